The Hall–Kier alpha value is -1.84. The standard InChI is InChI=1S/C21H26N2O/c24-21-18(11-10-17-6-4-5-9-20(17)21)16-22-12-14-23(15-13-22)19-7-2-1-3-8-19/h1-9,18,21,24H,10-16H2. The molecule has 3 nitrogen and oxygen atoms in total. The zero-order valence-corrected chi connectivity index (χ0v) is 14.1. The first-order valence-electron chi connectivity index (χ1n) is 9.09. The maximum absolute atomic E-state index is 10.7. The Bertz CT molecular complexity index is 665. The lowest BCUT2D eigenvalue weighted by atomic mass is 9.81. The number of para-hydroxylation sites is 1. The van der Waals surface area contributed by atoms with Crippen LogP contribution in [0.25, 0.3) is 0 Å². The number of hydrogen-bond donors (Lipinski definition) is 1. The molecule has 1 aliphatic carbocycles. The molecule has 1 N–H and O–H groups in total. The van der Waals surface area contributed by atoms with Crippen molar-refractivity contribution in [2.45, 2.75) is 18.9 Å². The second-order valence-corrected chi connectivity index (χ2v) is 7.07. The second-order valence-electron chi connectivity index (χ2n) is 7.07. The molecule has 0 spiro atoms. The summed E-state index contributed by atoms with van der Waals surface area (Å²) in [6, 6.07) is 19.1. The molecule has 2 aromatic rings. The van der Waals surface area contributed by atoms with E-state index in [1.807, 2.05) is 6.07 Å². The first kappa shape index (κ1) is 15.7. The number of benzene rings is 2. The van der Waals surface area contributed by atoms with Gasteiger partial charge in [0, 0.05) is 44.3 Å². The Morgan fingerprint density at radius 1 is 0.875 bits per heavy atom. The zero-order valence-electron chi connectivity index (χ0n) is 14.1. The Balaban J connectivity index is 1.35. The molecule has 2 atom stereocenters. The van der Waals surface area contributed by atoms with E-state index in [9.17, 15) is 5.11 Å². The highest BCUT2D eigenvalue weighted by Crippen LogP contribution is 2.34. The molecule has 0 radical (unpaired) electrons. The minimum absolute atomic E-state index is 0.304. The van der Waals surface area contributed by atoms with Crippen molar-refractivity contribution in [3.05, 3.63) is 65.7 Å². The number of aliphatic hydroxyl groups excluding tert-OH is 1. The normalized spacial score (nSPS) is 24.6. The van der Waals surface area contributed by atoms with Crippen molar-refractivity contribution in [1.29, 1.82) is 0 Å². The van der Waals surface area contributed by atoms with Gasteiger partial charge in [-0.1, -0.05) is 42.5 Å². The van der Waals surface area contributed by atoms with Gasteiger partial charge >= 0.3 is 0 Å². The minimum Gasteiger partial charge on any atom is -0.388 e. The van der Waals surface area contributed by atoms with Crippen LogP contribution in [0.1, 0.15) is 23.7 Å². The van der Waals surface area contributed by atoms with Crippen LogP contribution in [0.3, 0.4) is 0 Å². The van der Waals surface area contributed by atoms with Gasteiger partial charge in [-0.15, -0.1) is 0 Å². The van der Waals surface area contributed by atoms with Crippen LogP contribution in [0.4, 0.5) is 5.69 Å². The average Bonchev–Trinajstić information content (AvgIpc) is 2.66. The van der Waals surface area contributed by atoms with E-state index in [2.05, 4.69) is 58.3 Å². The van der Waals surface area contributed by atoms with E-state index in [1.165, 1.54) is 11.3 Å². The van der Waals surface area contributed by atoms with Gasteiger partial charge in [0.1, 0.15) is 0 Å². The van der Waals surface area contributed by atoms with Gasteiger partial charge in [-0.25, -0.2) is 0 Å². The Labute approximate surface area is 144 Å². The lowest BCUT2D eigenvalue weighted by Crippen LogP contribution is -2.48. The van der Waals surface area contributed by atoms with Crippen molar-refractivity contribution in [1.82, 2.24) is 4.90 Å². The number of nitrogens with zero attached hydrogens (tertiary/aromatic N) is 2. The van der Waals surface area contributed by atoms with Gasteiger partial charge in [-0.2, -0.15) is 0 Å². The van der Waals surface area contributed by atoms with E-state index in [0.29, 0.717) is 5.92 Å². The fourth-order valence-corrected chi connectivity index (χ4v) is 4.15. The molecule has 4 rings (SSSR count). The predicted molar refractivity (Wildman–Crippen MR) is 98.3 cm³/mol. The molecule has 3 heteroatoms. The van der Waals surface area contributed by atoms with E-state index in [0.717, 1.165) is 51.1 Å². The number of fused-ring (bicyclic) bond motifs is 1. The molecular formula is C21H26N2O. The minimum atomic E-state index is -0.304. The fraction of sp³-hybridized carbons (Fsp3) is 0.429. The summed E-state index contributed by atoms with van der Waals surface area (Å²) in [6.07, 6.45) is 1.89. The summed E-state index contributed by atoms with van der Waals surface area (Å²) < 4.78 is 0. The number of anilines is 1. The van der Waals surface area contributed by atoms with Gasteiger partial charge in [0.2, 0.25) is 0 Å². The summed E-state index contributed by atoms with van der Waals surface area (Å²) in [4.78, 5) is 4.99. The molecule has 1 fully saturated rings. The van der Waals surface area contributed by atoms with Crippen LogP contribution in [0.5, 0.6) is 0 Å². The molecule has 2 aromatic carbocycles. The summed E-state index contributed by atoms with van der Waals surface area (Å²) in [7, 11) is 0. The maximum atomic E-state index is 10.7. The van der Waals surface area contributed by atoms with Crippen LogP contribution in [0.15, 0.2) is 54.6 Å². The summed E-state index contributed by atoms with van der Waals surface area (Å²) >= 11 is 0. The second kappa shape index (κ2) is 6.96. The molecule has 1 aliphatic heterocycles. The van der Waals surface area contributed by atoms with E-state index in [1.54, 1.807) is 0 Å². The van der Waals surface area contributed by atoms with Crippen LogP contribution >= 0.6 is 0 Å². The molecule has 1 heterocycles. The smallest absolute Gasteiger partial charge is 0.0833 e. The molecular weight excluding hydrogens is 296 g/mol. The number of piperazine rings is 1. The van der Waals surface area contributed by atoms with Crippen LogP contribution in [-0.4, -0.2) is 42.7 Å². The highest BCUT2D eigenvalue weighted by atomic mass is 16.3. The number of aryl methyl sites for hydroxylation is 1. The SMILES string of the molecule is OC1c2ccccc2CCC1CN1CCN(c2ccccc2)CC1. The van der Waals surface area contributed by atoms with Crippen LogP contribution in [0.2, 0.25) is 0 Å². The van der Waals surface area contributed by atoms with Crippen molar-refractivity contribution < 1.29 is 5.11 Å². The third-order valence-corrected chi connectivity index (χ3v) is 5.59. The molecule has 2 unspecified atom stereocenters. The van der Waals surface area contributed by atoms with Crippen LogP contribution < -0.4 is 4.90 Å². The fourth-order valence-electron chi connectivity index (χ4n) is 4.15. The number of rotatable bonds is 3. The van der Waals surface area contributed by atoms with E-state index >= 15 is 0 Å². The Morgan fingerprint density at radius 3 is 2.38 bits per heavy atom. The topological polar surface area (TPSA) is 26.7 Å². The van der Waals surface area contributed by atoms with E-state index in [-0.39, 0.29) is 6.10 Å². The third kappa shape index (κ3) is 3.19. The molecule has 1 saturated heterocycles. The van der Waals surface area contributed by atoms with Gasteiger partial charge in [0.25, 0.3) is 0 Å². The summed E-state index contributed by atoms with van der Waals surface area (Å²) in [5, 5.41) is 10.7. The van der Waals surface area contributed by atoms with Crippen molar-refractivity contribution >= 4 is 5.69 Å². The number of hydrogen-bond acceptors (Lipinski definition) is 3. The van der Waals surface area contributed by atoms with Gasteiger partial charge in [-0.05, 0) is 36.1 Å². The lowest BCUT2D eigenvalue weighted by molar-refractivity contribution is 0.0642. The molecule has 0 saturated carbocycles. The molecule has 0 amide bonds. The summed E-state index contributed by atoms with van der Waals surface area (Å²) in [5.74, 6) is 0.364. The van der Waals surface area contributed by atoms with Crippen LogP contribution in [0, 0.1) is 5.92 Å². The predicted octanol–water partition coefficient (Wildman–Crippen LogP) is 3.10. The average molecular weight is 322 g/mol. The molecule has 0 aromatic heterocycles. The first-order chi connectivity index (χ1) is 11.8. The van der Waals surface area contributed by atoms with Crippen molar-refractivity contribution in [3.63, 3.8) is 0 Å². The molecule has 24 heavy (non-hydrogen) atoms. The maximum Gasteiger partial charge on any atom is 0.0833 e. The third-order valence-electron chi connectivity index (χ3n) is 5.59. The van der Waals surface area contributed by atoms with Crippen LogP contribution in [-0.2, 0) is 6.42 Å². The van der Waals surface area contributed by atoms with Crippen molar-refractivity contribution in [2.75, 3.05) is 37.6 Å². The molecule has 126 valence electrons. The van der Waals surface area contributed by atoms with Gasteiger partial charge in [0.05, 0.1) is 6.10 Å². The Kier molecular flexibility index (Phi) is 4.54. The van der Waals surface area contributed by atoms with E-state index in [4.69, 9.17) is 0 Å². The highest BCUT2D eigenvalue weighted by Gasteiger charge is 2.30. The summed E-state index contributed by atoms with van der Waals surface area (Å²) in [5.41, 5.74) is 3.80. The summed E-state index contributed by atoms with van der Waals surface area (Å²) in [6.45, 7) is 5.32. The molecule has 2 aliphatic rings. The molecule has 0 bridgehead atoms. The van der Waals surface area contributed by atoms with Gasteiger partial charge in [-0.3, -0.25) is 4.90 Å². The number of aliphatic hydroxyl groups is 1. The Morgan fingerprint density at radius 2 is 1.58 bits per heavy atom. The van der Waals surface area contributed by atoms with Crippen molar-refractivity contribution in [3.8, 4) is 0 Å². The monoisotopic (exact) mass is 322 g/mol. The highest BCUT2D eigenvalue weighted by molar-refractivity contribution is 5.46. The van der Waals surface area contributed by atoms with E-state index < -0.39 is 0 Å². The quantitative estimate of drug-likeness (QED) is 0.941. The zero-order chi connectivity index (χ0) is 16.4. The largest absolute Gasteiger partial charge is 0.388 e. The lowest BCUT2D eigenvalue weighted by Gasteiger charge is -2.39. The first-order valence-corrected chi connectivity index (χ1v) is 9.09. The van der Waals surface area contributed by atoms with Gasteiger partial charge in [0.15, 0.2) is 0 Å². The van der Waals surface area contributed by atoms with Crippen molar-refractivity contribution in [2.24, 2.45) is 5.92 Å². The van der Waals surface area contributed by atoms with Gasteiger partial charge < -0.3 is 10.0 Å².